The lowest BCUT2D eigenvalue weighted by Gasteiger charge is -2.21. The maximum Gasteiger partial charge on any atom is 0.303 e. The first-order valence-corrected chi connectivity index (χ1v) is 6.16. The molecule has 0 bridgehead atoms. The molecule has 0 radical (unpaired) electrons. The van der Waals surface area contributed by atoms with Crippen LogP contribution < -0.4 is 0 Å². The number of halogens is 2. The second-order valence-electron chi connectivity index (χ2n) is 4.99. The van der Waals surface area contributed by atoms with E-state index in [-0.39, 0.29) is 18.6 Å². The smallest absolute Gasteiger partial charge is 0.303 e. The van der Waals surface area contributed by atoms with Gasteiger partial charge in [-0.1, -0.05) is 37.0 Å². The van der Waals surface area contributed by atoms with Crippen molar-refractivity contribution in [2.75, 3.05) is 0 Å². The van der Waals surface area contributed by atoms with Gasteiger partial charge in [0.05, 0.1) is 6.42 Å². The quantitative estimate of drug-likeness (QED) is 0.831. The number of Topliss-reactive ketones (excluding diaryl/α,β-unsaturated/α-hetero) is 1. The molecule has 0 atom stereocenters. The van der Waals surface area contributed by atoms with Gasteiger partial charge in [-0.3, -0.25) is 9.59 Å². The van der Waals surface area contributed by atoms with E-state index in [4.69, 9.17) is 28.3 Å². The highest BCUT2D eigenvalue weighted by molar-refractivity contribution is 6.35. The van der Waals surface area contributed by atoms with Crippen molar-refractivity contribution in [1.29, 1.82) is 0 Å². The molecule has 3 nitrogen and oxygen atoms in total. The first-order chi connectivity index (χ1) is 8.19. The van der Waals surface area contributed by atoms with Crippen LogP contribution in [0.5, 0.6) is 0 Å². The fourth-order valence-corrected chi connectivity index (χ4v) is 2.25. The zero-order valence-corrected chi connectivity index (χ0v) is 11.7. The predicted octanol–water partition coefficient (Wildman–Crippen LogP) is 4.07. The molecule has 1 aromatic rings. The van der Waals surface area contributed by atoms with Crippen molar-refractivity contribution in [2.45, 2.75) is 26.7 Å². The predicted molar refractivity (Wildman–Crippen MR) is 71.4 cm³/mol. The Bertz CT molecular complexity index is 461. The maximum absolute atomic E-state index is 12.0. The summed E-state index contributed by atoms with van der Waals surface area (Å²) in [5.74, 6) is -1.08. The summed E-state index contributed by atoms with van der Waals surface area (Å²) >= 11 is 11.6. The molecule has 0 unspecified atom stereocenters. The molecular formula is C13H14Cl2O3. The van der Waals surface area contributed by atoms with Crippen LogP contribution in [0.2, 0.25) is 10.0 Å². The van der Waals surface area contributed by atoms with E-state index in [0.29, 0.717) is 15.6 Å². The Kier molecular flexibility index (Phi) is 4.77. The third-order valence-electron chi connectivity index (χ3n) is 2.45. The molecule has 0 saturated carbocycles. The van der Waals surface area contributed by atoms with Crippen molar-refractivity contribution in [3.8, 4) is 0 Å². The number of benzene rings is 1. The molecule has 0 heterocycles. The number of aliphatic carboxylic acids is 1. The molecule has 18 heavy (non-hydrogen) atoms. The number of carbonyl (C=O) groups excluding carboxylic acids is 1. The average Bonchev–Trinajstić information content (AvgIpc) is 2.12. The van der Waals surface area contributed by atoms with E-state index < -0.39 is 11.4 Å². The zero-order chi connectivity index (χ0) is 13.9. The van der Waals surface area contributed by atoms with E-state index in [1.54, 1.807) is 19.9 Å². The summed E-state index contributed by atoms with van der Waals surface area (Å²) in [6.45, 7) is 3.48. The molecule has 5 heteroatoms. The maximum atomic E-state index is 12.0. The minimum Gasteiger partial charge on any atom is -0.481 e. The normalized spacial score (nSPS) is 11.3. The summed E-state index contributed by atoms with van der Waals surface area (Å²) in [6.07, 6.45) is 0.0724. The van der Waals surface area contributed by atoms with Crippen LogP contribution in [0.25, 0.3) is 0 Å². The fraction of sp³-hybridized carbons (Fsp3) is 0.385. The summed E-state index contributed by atoms with van der Waals surface area (Å²) in [7, 11) is 0. The molecule has 1 N–H and O–H groups in total. The average molecular weight is 289 g/mol. The van der Waals surface area contributed by atoms with Crippen LogP contribution in [0.4, 0.5) is 0 Å². The van der Waals surface area contributed by atoms with Crippen LogP contribution in [0.15, 0.2) is 18.2 Å². The van der Waals surface area contributed by atoms with Crippen LogP contribution in [-0.4, -0.2) is 16.9 Å². The first kappa shape index (κ1) is 15.0. The lowest BCUT2D eigenvalue weighted by atomic mass is 9.82. The van der Waals surface area contributed by atoms with Crippen molar-refractivity contribution in [3.05, 3.63) is 33.8 Å². The Hall–Kier alpha value is -1.06. The number of rotatable bonds is 5. The van der Waals surface area contributed by atoms with Gasteiger partial charge in [0.2, 0.25) is 0 Å². The molecule has 0 aliphatic heterocycles. The summed E-state index contributed by atoms with van der Waals surface area (Å²) in [6, 6.07) is 4.61. The van der Waals surface area contributed by atoms with Gasteiger partial charge in [-0.2, -0.15) is 0 Å². The van der Waals surface area contributed by atoms with Crippen molar-refractivity contribution in [1.82, 2.24) is 0 Å². The molecular weight excluding hydrogens is 275 g/mol. The molecule has 98 valence electrons. The second kappa shape index (κ2) is 5.72. The van der Waals surface area contributed by atoms with Gasteiger partial charge in [0.25, 0.3) is 0 Å². The summed E-state index contributed by atoms with van der Waals surface area (Å²) in [5.41, 5.74) is -0.191. The van der Waals surface area contributed by atoms with E-state index in [1.165, 1.54) is 12.1 Å². The van der Waals surface area contributed by atoms with E-state index >= 15 is 0 Å². The third-order valence-corrected chi connectivity index (χ3v) is 2.89. The molecule has 0 aliphatic carbocycles. The summed E-state index contributed by atoms with van der Waals surface area (Å²) in [4.78, 5) is 22.7. The monoisotopic (exact) mass is 288 g/mol. The van der Waals surface area contributed by atoms with Gasteiger partial charge in [0, 0.05) is 22.0 Å². The highest BCUT2D eigenvalue weighted by Gasteiger charge is 2.25. The van der Waals surface area contributed by atoms with Crippen LogP contribution in [0.3, 0.4) is 0 Å². The summed E-state index contributed by atoms with van der Waals surface area (Å²) in [5, 5.41) is 9.55. The fourth-order valence-electron chi connectivity index (χ4n) is 1.72. The van der Waals surface area contributed by atoms with E-state index in [9.17, 15) is 9.59 Å². The number of hydrogen-bond acceptors (Lipinski definition) is 2. The topological polar surface area (TPSA) is 54.4 Å². The Morgan fingerprint density at radius 3 is 2.06 bits per heavy atom. The Morgan fingerprint density at radius 1 is 1.11 bits per heavy atom. The Morgan fingerprint density at radius 2 is 1.61 bits per heavy atom. The van der Waals surface area contributed by atoms with E-state index in [1.807, 2.05) is 0 Å². The van der Waals surface area contributed by atoms with Crippen molar-refractivity contribution < 1.29 is 14.7 Å². The Labute approximate surface area is 116 Å². The number of carbonyl (C=O) groups is 2. The van der Waals surface area contributed by atoms with Gasteiger partial charge in [-0.25, -0.2) is 0 Å². The van der Waals surface area contributed by atoms with E-state index in [0.717, 1.165) is 0 Å². The van der Waals surface area contributed by atoms with Crippen molar-refractivity contribution in [3.63, 3.8) is 0 Å². The SMILES string of the molecule is CC(C)(CC(=O)O)CC(=O)c1cc(Cl)cc(Cl)c1. The minimum atomic E-state index is -0.920. The van der Waals surface area contributed by atoms with Crippen LogP contribution in [0, 0.1) is 5.41 Å². The van der Waals surface area contributed by atoms with Crippen LogP contribution >= 0.6 is 23.2 Å². The molecule has 0 saturated heterocycles. The third kappa shape index (κ3) is 4.67. The van der Waals surface area contributed by atoms with Crippen molar-refractivity contribution >= 4 is 35.0 Å². The van der Waals surface area contributed by atoms with Gasteiger partial charge >= 0.3 is 5.97 Å². The van der Waals surface area contributed by atoms with Gasteiger partial charge in [0.15, 0.2) is 5.78 Å². The Balaban J connectivity index is 2.85. The first-order valence-electron chi connectivity index (χ1n) is 5.41. The molecule has 1 aromatic carbocycles. The minimum absolute atomic E-state index is 0.0625. The van der Waals surface area contributed by atoms with Crippen molar-refractivity contribution in [2.24, 2.45) is 5.41 Å². The number of hydrogen-bond donors (Lipinski definition) is 1. The molecule has 0 amide bonds. The molecule has 0 fully saturated rings. The molecule has 0 spiro atoms. The van der Waals surface area contributed by atoms with Gasteiger partial charge in [0.1, 0.15) is 0 Å². The highest BCUT2D eigenvalue weighted by atomic mass is 35.5. The molecule has 0 aliphatic rings. The molecule has 1 rings (SSSR count). The lowest BCUT2D eigenvalue weighted by molar-refractivity contribution is -0.139. The highest BCUT2D eigenvalue weighted by Crippen LogP contribution is 2.28. The van der Waals surface area contributed by atoms with Gasteiger partial charge in [-0.15, -0.1) is 0 Å². The molecule has 0 aromatic heterocycles. The van der Waals surface area contributed by atoms with Gasteiger partial charge < -0.3 is 5.11 Å². The van der Waals surface area contributed by atoms with Gasteiger partial charge in [-0.05, 0) is 23.6 Å². The van der Waals surface area contributed by atoms with Crippen LogP contribution in [-0.2, 0) is 4.79 Å². The number of ketones is 1. The second-order valence-corrected chi connectivity index (χ2v) is 5.87. The number of carboxylic acid groups (broad SMARTS) is 1. The van der Waals surface area contributed by atoms with Crippen LogP contribution in [0.1, 0.15) is 37.0 Å². The largest absolute Gasteiger partial charge is 0.481 e. The standard InChI is InChI=1S/C13H14Cl2O3/c1-13(2,7-12(17)18)6-11(16)8-3-9(14)5-10(15)4-8/h3-5H,6-7H2,1-2H3,(H,17,18). The number of carboxylic acids is 1. The lowest BCUT2D eigenvalue weighted by Crippen LogP contribution is -2.21. The summed E-state index contributed by atoms with van der Waals surface area (Å²) < 4.78 is 0. The van der Waals surface area contributed by atoms with E-state index in [2.05, 4.69) is 0 Å². The zero-order valence-electron chi connectivity index (χ0n) is 10.2.